The summed E-state index contributed by atoms with van der Waals surface area (Å²) in [7, 11) is 0. The normalized spacial score (nSPS) is 36.8. The molecule has 1 aliphatic carbocycles. The van der Waals surface area contributed by atoms with Gasteiger partial charge in [0.05, 0.1) is 6.61 Å². The predicted octanol–water partition coefficient (Wildman–Crippen LogP) is 2.83. The van der Waals surface area contributed by atoms with Crippen molar-refractivity contribution in [1.82, 2.24) is 5.32 Å². The lowest BCUT2D eigenvalue weighted by molar-refractivity contribution is 0.164. The maximum absolute atomic E-state index is 5.56. The van der Waals surface area contributed by atoms with Gasteiger partial charge >= 0.3 is 0 Å². The van der Waals surface area contributed by atoms with E-state index in [9.17, 15) is 0 Å². The molecular weight excluding hydrogens is 198 g/mol. The Labute approximate surface area is 100 Å². The van der Waals surface area contributed by atoms with Crippen molar-refractivity contribution in [3.05, 3.63) is 0 Å². The number of rotatable bonds is 5. The summed E-state index contributed by atoms with van der Waals surface area (Å²) in [5, 5.41) is 3.73. The molecule has 1 heterocycles. The Bertz CT molecular complexity index is 201. The first kappa shape index (κ1) is 12.4. The molecule has 1 aliphatic heterocycles. The zero-order valence-corrected chi connectivity index (χ0v) is 10.9. The lowest BCUT2D eigenvalue weighted by Crippen LogP contribution is -2.41. The fraction of sp³-hybridized carbons (Fsp3) is 1.00. The Balaban J connectivity index is 1.91. The standard InChI is InChI=1S/C14H27NO/c1-3-11-5-6-12(9-11)14(15-4-2)13-7-8-16-10-13/h11-15H,3-10H2,1-2H3. The van der Waals surface area contributed by atoms with Crippen LogP contribution in [0, 0.1) is 17.8 Å². The maximum Gasteiger partial charge on any atom is 0.0510 e. The third kappa shape index (κ3) is 2.78. The van der Waals surface area contributed by atoms with Crippen LogP contribution in [0.2, 0.25) is 0 Å². The van der Waals surface area contributed by atoms with Crippen LogP contribution in [0.1, 0.15) is 46.0 Å². The molecule has 1 saturated heterocycles. The smallest absolute Gasteiger partial charge is 0.0510 e. The van der Waals surface area contributed by atoms with Gasteiger partial charge in [0.15, 0.2) is 0 Å². The van der Waals surface area contributed by atoms with E-state index in [1.165, 1.54) is 32.1 Å². The fourth-order valence-electron chi connectivity index (χ4n) is 3.60. The molecule has 2 rings (SSSR count). The molecule has 2 nitrogen and oxygen atoms in total. The number of nitrogens with one attached hydrogen (secondary N) is 1. The molecule has 0 spiro atoms. The van der Waals surface area contributed by atoms with Crippen LogP contribution in [0.15, 0.2) is 0 Å². The van der Waals surface area contributed by atoms with Crippen LogP contribution in [0.4, 0.5) is 0 Å². The second-order valence-electron chi connectivity index (χ2n) is 5.55. The summed E-state index contributed by atoms with van der Waals surface area (Å²) in [5.74, 6) is 2.69. The topological polar surface area (TPSA) is 21.3 Å². The van der Waals surface area contributed by atoms with Gasteiger partial charge in [-0.15, -0.1) is 0 Å². The third-order valence-electron chi connectivity index (χ3n) is 4.58. The monoisotopic (exact) mass is 225 g/mol. The Morgan fingerprint density at radius 3 is 2.62 bits per heavy atom. The van der Waals surface area contributed by atoms with Crippen molar-refractivity contribution >= 4 is 0 Å². The van der Waals surface area contributed by atoms with Gasteiger partial charge in [-0.25, -0.2) is 0 Å². The van der Waals surface area contributed by atoms with E-state index in [0.29, 0.717) is 0 Å². The minimum absolute atomic E-state index is 0.726. The lowest BCUT2D eigenvalue weighted by Gasteiger charge is -2.29. The van der Waals surface area contributed by atoms with Crippen molar-refractivity contribution in [3.63, 3.8) is 0 Å². The van der Waals surface area contributed by atoms with Gasteiger partial charge in [-0.3, -0.25) is 0 Å². The summed E-state index contributed by atoms with van der Waals surface area (Å²) in [6.07, 6.45) is 6.98. The van der Waals surface area contributed by atoms with Crippen molar-refractivity contribution in [1.29, 1.82) is 0 Å². The number of hydrogen-bond donors (Lipinski definition) is 1. The second kappa shape index (κ2) is 6.02. The van der Waals surface area contributed by atoms with Crippen LogP contribution < -0.4 is 5.32 Å². The van der Waals surface area contributed by atoms with Crippen LogP contribution in [0.3, 0.4) is 0 Å². The highest BCUT2D eigenvalue weighted by Crippen LogP contribution is 2.38. The van der Waals surface area contributed by atoms with Crippen LogP contribution in [0.25, 0.3) is 0 Å². The van der Waals surface area contributed by atoms with Gasteiger partial charge in [-0.05, 0) is 37.6 Å². The van der Waals surface area contributed by atoms with E-state index >= 15 is 0 Å². The Hall–Kier alpha value is -0.0800. The minimum atomic E-state index is 0.726. The molecule has 16 heavy (non-hydrogen) atoms. The van der Waals surface area contributed by atoms with Crippen LogP contribution in [-0.4, -0.2) is 25.8 Å². The molecule has 0 bridgehead atoms. The zero-order chi connectivity index (χ0) is 11.4. The summed E-state index contributed by atoms with van der Waals surface area (Å²) in [6.45, 7) is 7.65. The molecule has 2 fully saturated rings. The fourth-order valence-corrected chi connectivity index (χ4v) is 3.60. The van der Waals surface area contributed by atoms with Crippen LogP contribution in [0.5, 0.6) is 0 Å². The van der Waals surface area contributed by atoms with Crippen molar-refractivity contribution < 1.29 is 4.74 Å². The van der Waals surface area contributed by atoms with Gasteiger partial charge in [0.1, 0.15) is 0 Å². The van der Waals surface area contributed by atoms with Gasteiger partial charge in [0.2, 0.25) is 0 Å². The molecule has 1 saturated carbocycles. The average molecular weight is 225 g/mol. The van der Waals surface area contributed by atoms with Gasteiger partial charge in [-0.1, -0.05) is 26.7 Å². The Morgan fingerprint density at radius 1 is 1.19 bits per heavy atom. The molecule has 0 aromatic rings. The first-order chi connectivity index (χ1) is 7.85. The highest BCUT2D eigenvalue weighted by atomic mass is 16.5. The molecular formula is C14H27NO. The highest BCUT2D eigenvalue weighted by molar-refractivity contribution is 4.89. The number of hydrogen-bond acceptors (Lipinski definition) is 2. The van der Waals surface area contributed by atoms with Gasteiger partial charge in [0, 0.05) is 18.6 Å². The first-order valence-electron chi connectivity index (χ1n) is 7.16. The largest absolute Gasteiger partial charge is 0.381 e. The van der Waals surface area contributed by atoms with E-state index in [4.69, 9.17) is 4.74 Å². The molecule has 0 radical (unpaired) electrons. The van der Waals surface area contributed by atoms with Crippen LogP contribution in [-0.2, 0) is 4.74 Å². The second-order valence-corrected chi connectivity index (χ2v) is 5.55. The van der Waals surface area contributed by atoms with E-state index in [1.54, 1.807) is 0 Å². The van der Waals surface area contributed by atoms with Gasteiger partial charge in [-0.2, -0.15) is 0 Å². The third-order valence-corrected chi connectivity index (χ3v) is 4.58. The van der Waals surface area contributed by atoms with Crippen molar-refractivity contribution in [2.45, 2.75) is 52.0 Å². The van der Waals surface area contributed by atoms with E-state index in [-0.39, 0.29) is 0 Å². The summed E-state index contributed by atoms with van der Waals surface area (Å²) in [6, 6.07) is 0.726. The SMILES string of the molecule is CCNC(C1CCOC1)C1CCC(CC)C1. The summed E-state index contributed by atoms with van der Waals surface area (Å²) >= 11 is 0. The molecule has 2 aliphatic rings. The van der Waals surface area contributed by atoms with E-state index < -0.39 is 0 Å². The molecule has 0 aromatic heterocycles. The van der Waals surface area contributed by atoms with Gasteiger partial charge < -0.3 is 10.1 Å². The molecule has 0 amide bonds. The average Bonchev–Trinajstić information content (AvgIpc) is 2.97. The summed E-state index contributed by atoms with van der Waals surface area (Å²) in [5.41, 5.74) is 0. The zero-order valence-electron chi connectivity index (χ0n) is 10.9. The molecule has 1 N–H and O–H groups in total. The number of ether oxygens (including phenoxy) is 1. The molecule has 94 valence electrons. The van der Waals surface area contributed by atoms with Crippen molar-refractivity contribution in [2.75, 3.05) is 19.8 Å². The van der Waals surface area contributed by atoms with Crippen molar-refractivity contribution in [3.8, 4) is 0 Å². The maximum atomic E-state index is 5.56. The lowest BCUT2D eigenvalue weighted by atomic mass is 9.85. The highest BCUT2D eigenvalue weighted by Gasteiger charge is 2.35. The van der Waals surface area contributed by atoms with E-state index in [2.05, 4.69) is 19.2 Å². The quantitative estimate of drug-likeness (QED) is 0.777. The van der Waals surface area contributed by atoms with Crippen LogP contribution >= 0.6 is 0 Å². The molecule has 4 atom stereocenters. The van der Waals surface area contributed by atoms with E-state index in [1.807, 2.05) is 0 Å². The van der Waals surface area contributed by atoms with Gasteiger partial charge in [0.25, 0.3) is 0 Å². The Kier molecular flexibility index (Phi) is 4.66. The summed E-state index contributed by atoms with van der Waals surface area (Å²) in [4.78, 5) is 0. The summed E-state index contributed by atoms with van der Waals surface area (Å²) < 4.78 is 5.56. The first-order valence-corrected chi connectivity index (χ1v) is 7.16. The van der Waals surface area contributed by atoms with E-state index in [0.717, 1.165) is 43.6 Å². The molecule has 0 aromatic carbocycles. The predicted molar refractivity (Wildman–Crippen MR) is 67.5 cm³/mol. The minimum Gasteiger partial charge on any atom is -0.381 e. The Morgan fingerprint density at radius 2 is 2.06 bits per heavy atom. The van der Waals surface area contributed by atoms with Crippen molar-refractivity contribution in [2.24, 2.45) is 17.8 Å². The molecule has 4 unspecified atom stereocenters. The molecule has 2 heteroatoms.